The summed E-state index contributed by atoms with van der Waals surface area (Å²) in [6.07, 6.45) is 1.21. The molecule has 0 aliphatic carbocycles. The van der Waals surface area contributed by atoms with Crippen LogP contribution in [0.5, 0.6) is 0 Å². The van der Waals surface area contributed by atoms with Crippen molar-refractivity contribution in [2.24, 2.45) is 5.92 Å². The minimum absolute atomic E-state index is 0.0913. The van der Waals surface area contributed by atoms with Crippen molar-refractivity contribution in [1.29, 1.82) is 0 Å². The fourth-order valence-corrected chi connectivity index (χ4v) is 2.46. The first kappa shape index (κ1) is 14.5. The lowest BCUT2D eigenvalue weighted by Crippen LogP contribution is -2.40. The molecule has 1 saturated heterocycles. The van der Waals surface area contributed by atoms with Gasteiger partial charge in [-0.05, 0) is 39.8 Å². The van der Waals surface area contributed by atoms with E-state index in [0.717, 1.165) is 17.1 Å². The lowest BCUT2D eigenvalue weighted by molar-refractivity contribution is -0.143. The van der Waals surface area contributed by atoms with Crippen molar-refractivity contribution in [2.75, 3.05) is 25.0 Å². The van der Waals surface area contributed by atoms with E-state index in [4.69, 9.17) is 5.11 Å². The third-order valence-electron chi connectivity index (χ3n) is 3.70. The molecule has 110 valence electrons. The van der Waals surface area contributed by atoms with E-state index in [0.29, 0.717) is 25.9 Å². The first-order valence-corrected chi connectivity index (χ1v) is 6.74. The third kappa shape index (κ3) is 3.36. The van der Waals surface area contributed by atoms with E-state index in [1.54, 1.807) is 0 Å². The number of nitrogens with one attached hydrogen (secondary N) is 2. The van der Waals surface area contributed by atoms with Crippen molar-refractivity contribution in [3.63, 3.8) is 0 Å². The second-order valence-corrected chi connectivity index (χ2v) is 5.25. The highest BCUT2D eigenvalue weighted by Crippen LogP contribution is 2.18. The smallest absolute Gasteiger partial charge is 0.306 e. The Morgan fingerprint density at radius 2 is 2.05 bits per heavy atom. The Kier molecular flexibility index (Phi) is 4.39. The van der Waals surface area contributed by atoms with Crippen molar-refractivity contribution < 1.29 is 14.7 Å². The Labute approximate surface area is 117 Å². The van der Waals surface area contributed by atoms with Gasteiger partial charge in [0.2, 0.25) is 5.91 Å². The molecule has 1 aromatic rings. The summed E-state index contributed by atoms with van der Waals surface area (Å²) in [5, 5.41) is 18.6. The van der Waals surface area contributed by atoms with Crippen LogP contribution in [0.25, 0.3) is 0 Å². The Bertz CT molecular complexity index is 484. The molecule has 0 atom stereocenters. The number of likely N-dealkylation sites (tertiary alicyclic amines) is 1. The predicted octanol–water partition coefficient (Wildman–Crippen LogP) is 0.762. The monoisotopic (exact) mass is 280 g/mol. The van der Waals surface area contributed by atoms with E-state index in [2.05, 4.69) is 15.5 Å². The second-order valence-electron chi connectivity index (χ2n) is 5.25. The molecule has 1 aromatic heterocycles. The van der Waals surface area contributed by atoms with Crippen LogP contribution >= 0.6 is 0 Å². The second kappa shape index (κ2) is 6.04. The van der Waals surface area contributed by atoms with Gasteiger partial charge in [-0.1, -0.05) is 0 Å². The first-order valence-electron chi connectivity index (χ1n) is 6.74. The SMILES string of the molecule is Cc1n[nH]c(C)c1NC(=O)CN1CCC(C(=O)O)CC1. The molecule has 7 heteroatoms. The predicted molar refractivity (Wildman–Crippen MR) is 73.5 cm³/mol. The summed E-state index contributed by atoms with van der Waals surface area (Å²) in [7, 11) is 0. The van der Waals surface area contributed by atoms with Crippen LogP contribution in [0, 0.1) is 19.8 Å². The quantitative estimate of drug-likeness (QED) is 0.756. The largest absolute Gasteiger partial charge is 0.481 e. The molecule has 1 aliphatic heterocycles. The van der Waals surface area contributed by atoms with Crippen molar-refractivity contribution in [1.82, 2.24) is 15.1 Å². The number of aromatic nitrogens is 2. The fourth-order valence-electron chi connectivity index (χ4n) is 2.46. The maximum absolute atomic E-state index is 12.0. The number of H-pyrrole nitrogens is 1. The first-order chi connectivity index (χ1) is 9.47. The van der Waals surface area contributed by atoms with Crippen LogP contribution in [0.2, 0.25) is 0 Å². The van der Waals surface area contributed by atoms with E-state index in [1.165, 1.54) is 0 Å². The Hall–Kier alpha value is -1.89. The highest BCUT2D eigenvalue weighted by Gasteiger charge is 2.25. The molecule has 0 saturated carbocycles. The molecular formula is C13H20N4O3. The average molecular weight is 280 g/mol. The summed E-state index contributed by atoms with van der Waals surface area (Å²) in [6, 6.07) is 0. The summed E-state index contributed by atoms with van der Waals surface area (Å²) >= 11 is 0. The number of carbonyl (C=O) groups excluding carboxylic acids is 1. The molecule has 7 nitrogen and oxygen atoms in total. The molecule has 20 heavy (non-hydrogen) atoms. The zero-order valence-corrected chi connectivity index (χ0v) is 11.8. The summed E-state index contributed by atoms with van der Waals surface area (Å²) in [5.41, 5.74) is 2.33. The molecule has 2 heterocycles. The molecule has 0 unspecified atom stereocenters. The number of aromatic amines is 1. The summed E-state index contributed by atoms with van der Waals surface area (Å²) in [4.78, 5) is 24.8. The van der Waals surface area contributed by atoms with Gasteiger partial charge in [-0.25, -0.2) is 0 Å². The fraction of sp³-hybridized carbons (Fsp3) is 0.615. The topological polar surface area (TPSA) is 98.3 Å². The van der Waals surface area contributed by atoms with Crippen LogP contribution in [-0.2, 0) is 9.59 Å². The number of nitrogens with zero attached hydrogens (tertiary/aromatic N) is 2. The van der Waals surface area contributed by atoms with Crippen LogP contribution in [0.1, 0.15) is 24.2 Å². The van der Waals surface area contributed by atoms with Gasteiger partial charge < -0.3 is 10.4 Å². The van der Waals surface area contributed by atoms with E-state index in [9.17, 15) is 9.59 Å². The van der Waals surface area contributed by atoms with Gasteiger partial charge in [0.1, 0.15) is 0 Å². The molecule has 0 spiro atoms. The minimum atomic E-state index is -0.737. The number of hydrogen-bond donors (Lipinski definition) is 3. The van der Waals surface area contributed by atoms with Gasteiger partial charge in [0.05, 0.1) is 29.5 Å². The van der Waals surface area contributed by atoms with Crippen molar-refractivity contribution >= 4 is 17.6 Å². The number of aliphatic carboxylic acids is 1. The molecule has 1 fully saturated rings. The summed E-state index contributed by atoms with van der Waals surface area (Å²) < 4.78 is 0. The van der Waals surface area contributed by atoms with E-state index >= 15 is 0 Å². The van der Waals surface area contributed by atoms with E-state index in [-0.39, 0.29) is 18.4 Å². The van der Waals surface area contributed by atoms with E-state index < -0.39 is 5.97 Å². The maximum Gasteiger partial charge on any atom is 0.306 e. The highest BCUT2D eigenvalue weighted by atomic mass is 16.4. The number of carboxylic acid groups (broad SMARTS) is 1. The number of anilines is 1. The average Bonchev–Trinajstić information content (AvgIpc) is 2.71. The molecule has 1 aliphatic rings. The van der Waals surface area contributed by atoms with Crippen LogP contribution < -0.4 is 5.32 Å². The van der Waals surface area contributed by atoms with Gasteiger partial charge in [-0.3, -0.25) is 19.6 Å². The van der Waals surface area contributed by atoms with Crippen LogP contribution in [0.3, 0.4) is 0 Å². The van der Waals surface area contributed by atoms with E-state index in [1.807, 2.05) is 18.7 Å². The Morgan fingerprint density at radius 1 is 1.40 bits per heavy atom. The van der Waals surface area contributed by atoms with Crippen molar-refractivity contribution in [3.8, 4) is 0 Å². The number of hydrogen-bond acceptors (Lipinski definition) is 4. The van der Waals surface area contributed by atoms with Gasteiger partial charge in [0.15, 0.2) is 0 Å². The maximum atomic E-state index is 12.0. The number of piperidine rings is 1. The number of carbonyl (C=O) groups is 2. The zero-order chi connectivity index (χ0) is 14.7. The van der Waals surface area contributed by atoms with Gasteiger partial charge in [0, 0.05) is 0 Å². The Morgan fingerprint density at radius 3 is 2.55 bits per heavy atom. The zero-order valence-electron chi connectivity index (χ0n) is 11.8. The minimum Gasteiger partial charge on any atom is -0.481 e. The van der Waals surface area contributed by atoms with Gasteiger partial charge in [-0.2, -0.15) is 5.10 Å². The van der Waals surface area contributed by atoms with Gasteiger partial charge in [-0.15, -0.1) is 0 Å². The molecule has 3 N–H and O–H groups in total. The Balaban J connectivity index is 1.83. The molecule has 0 radical (unpaired) electrons. The van der Waals surface area contributed by atoms with Gasteiger partial charge >= 0.3 is 5.97 Å². The van der Waals surface area contributed by atoms with Crippen LogP contribution in [0.4, 0.5) is 5.69 Å². The van der Waals surface area contributed by atoms with Crippen LogP contribution in [0.15, 0.2) is 0 Å². The summed E-state index contributed by atoms with van der Waals surface area (Å²) in [5.74, 6) is -1.10. The van der Waals surface area contributed by atoms with Crippen LogP contribution in [-0.4, -0.2) is 51.7 Å². The standard InChI is InChI=1S/C13H20N4O3/c1-8-12(9(2)16-15-8)14-11(18)7-17-5-3-10(4-6-17)13(19)20/h10H,3-7H2,1-2H3,(H,14,18)(H,15,16)(H,19,20). The molecule has 2 rings (SSSR count). The normalized spacial score (nSPS) is 17.1. The lowest BCUT2D eigenvalue weighted by atomic mass is 9.97. The number of amides is 1. The number of rotatable bonds is 4. The number of aryl methyl sites for hydroxylation is 2. The van der Waals surface area contributed by atoms with Crippen molar-refractivity contribution in [3.05, 3.63) is 11.4 Å². The van der Waals surface area contributed by atoms with Crippen molar-refractivity contribution in [2.45, 2.75) is 26.7 Å². The molecule has 0 aromatic carbocycles. The molecular weight excluding hydrogens is 260 g/mol. The third-order valence-corrected chi connectivity index (χ3v) is 3.70. The molecule has 0 bridgehead atoms. The highest BCUT2D eigenvalue weighted by molar-refractivity contribution is 5.93. The lowest BCUT2D eigenvalue weighted by Gasteiger charge is -2.29. The molecule has 1 amide bonds. The van der Waals surface area contributed by atoms with Gasteiger partial charge in [0.25, 0.3) is 0 Å². The number of carboxylic acids is 1. The summed E-state index contributed by atoms with van der Waals surface area (Å²) in [6.45, 7) is 5.27.